The Labute approximate surface area is 117 Å². The SMILES string of the molecule is CC(C)COC(=O)N(CC#N)Cc1ccccc1N=O. The molecule has 1 aromatic carbocycles. The van der Waals surface area contributed by atoms with Crippen molar-refractivity contribution in [3.63, 3.8) is 0 Å². The monoisotopic (exact) mass is 275 g/mol. The summed E-state index contributed by atoms with van der Waals surface area (Å²) in [5, 5.41) is 11.7. The summed E-state index contributed by atoms with van der Waals surface area (Å²) >= 11 is 0. The van der Waals surface area contributed by atoms with E-state index in [1.165, 1.54) is 4.90 Å². The van der Waals surface area contributed by atoms with Gasteiger partial charge in [0.05, 0.1) is 19.2 Å². The van der Waals surface area contributed by atoms with Crippen molar-refractivity contribution in [2.24, 2.45) is 11.1 Å². The second-order valence-corrected chi connectivity index (χ2v) is 4.70. The molecule has 0 N–H and O–H groups in total. The van der Waals surface area contributed by atoms with Crippen LogP contribution in [0.2, 0.25) is 0 Å². The number of hydrogen-bond donors (Lipinski definition) is 0. The molecule has 0 radical (unpaired) electrons. The van der Waals surface area contributed by atoms with Crippen molar-refractivity contribution < 1.29 is 9.53 Å². The first kappa shape index (κ1) is 15.6. The summed E-state index contributed by atoms with van der Waals surface area (Å²) < 4.78 is 5.09. The van der Waals surface area contributed by atoms with Crippen LogP contribution >= 0.6 is 0 Å². The average Bonchev–Trinajstić information content (AvgIpc) is 2.44. The van der Waals surface area contributed by atoms with Gasteiger partial charge in [-0.25, -0.2) is 4.79 Å². The summed E-state index contributed by atoms with van der Waals surface area (Å²) in [6.45, 7) is 4.14. The fraction of sp³-hybridized carbons (Fsp3) is 0.429. The number of hydrogen-bond acceptors (Lipinski definition) is 5. The van der Waals surface area contributed by atoms with Crippen LogP contribution in [0.25, 0.3) is 0 Å². The Hall–Kier alpha value is -2.42. The van der Waals surface area contributed by atoms with Gasteiger partial charge in [0.15, 0.2) is 0 Å². The fourth-order valence-electron chi connectivity index (χ4n) is 1.54. The van der Waals surface area contributed by atoms with Crippen molar-refractivity contribution in [1.82, 2.24) is 4.90 Å². The van der Waals surface area contributed by atoms with Crippen LogP contribution in [0.1, 0.15) is 19.4 Å². The van der Waals surface area contributed by atoms with E-state index in [9.17, 15) is 9.70 Å². The molecule has 0 fully saturated rings. The van der Waals surface area contributed by atoms with E-state index in [0.29, 0.717) is 5.56 Å². The lowest BCUT2D eigenvalue weighted by atomic mass is 10.1. The molecule has 1 amide bonds. The first-order chi connectivity index (χ1) is 9.58. The van der Waals surface area contributed by atoms with E-state index >= 15 is 0 Å². The molecule has 1 aromatic rings. The Bertz CT molecular complexity index is 509. The number of ether oxygens (including phenoxy) is 1. The smallest absolute Gasteiger partial charge is 0.410 e. The molecule has 1 rings (SSSR count). The molecule has 0 atom stereocenters. The Morgan fingerprint density at radius 3 is 2.75 bits per heavy atom. The summed E-state index contributed by atoms with van der Waals surface area (Å²) in [4.78, 5) is 23.8. The normalized spacial score (nSPS) is 9.90. The number of nitriles is 1. The van der Waals surface area contributed by atoms with Crippen molar-refractivity contribution >= 4 is 11.8 Å². The van der Waals surface area contributed by atoms with Crippen molar-refractivity contribution in [2.75, 3.05) is 13.2 Å². The molecule has 0 saturated carbocycles. The van der Waals surface area contributed by atoms with E-state index in [2.05, 4.69) is 5.18 Å². The molecule has 20 heavy (non-hydrogen) atoms. The highest BCUT2D eigenvalue weighted by molar-refractivity contribution is 5.68. The number of carbonyl (C=O) groups excluding carboxylic acids is 1. The number of carbonyl (C=O) groups is 1. The molecule has 0 bridgehead atoms. The van der Waals surface area contributed by atoms with Crippen molar-refractivity contribution in [1.29, 1.82) is 5.26 Å². The zero-order valence-electron chi connectivity index (χ0n) is 11.6. The molecule has 0 aliphatic rings. The highest BCUT2D eigenvalue weighted by Gasteiger charge is 2.17. The lowest BCUT2D eigenvalue weighted by Crippen LogP contribution is -2.32. The van der Waals surface area contributed by atoms with E-state index in [0.717, 1.165) is 0 Å². The zero-order chi connectivity index (χ0) is 15.0. The number of benzene rings is 1. The quantitative estimate of drug-likeness (QED) is 0.589. The lowest BCUT2D eigenvalue weighted by Gasteiger charge is -2.20. The van der Waals surface area contributed by atoms with E-state index in [-0.39, 0.29) is 31.3 Å². The van der Waals surface area contributed by atoms with Crippen molar-refractivity contribution in [2.45, 2.75) is 20.4 Å². The number of rotatable bonds is 6. The molecule has 0 heterocycles. The van der Waals surface area contributed by atoms with Crippen LogP contribution in [-0.4, -0.2) is 24.1 Å². The predicted octanol–water partition coefficient (Wildman–Crippen LogP) is 3.20. The van der Waals surface area contributed by atoms with Gasteiger partial charge >= 0.3 is 6.09 Å². The predicted molar refractivity (Wildman–Crippen MR) is 74.1 cm³/mol. The Balaban J connectivity index is 2.79. The molecule has 6 nitrogen and oxygen atoms in total. The molecule has 6 heteroatoms. The van der Waals surface area contributed by atoms with E-state index in [1.807, 2.05) is 19.9 Å². The highest BCUT2D eigenvalue weighted by Crippen LogP contribution is 2.20. The zero-order valence-corrected chi connectivity index (χ0v) is 11.6. The first-order valence-corrected chi connectivity index (χ1v) is 6.28. The Morgan fingerprint density at radius 1 is 1.45 bits per heavy atom. The van der Waals surface area contributed by atoms with Crippen LogP contribution < -0.4 is 0 Å². The van der Waals surface area contributed by atoms with Gasteiger partial charge in [0.2, 0.25) is 0 Å². The van der Waals surface area contributed by atoms with Crippen molar-refractivity contribution in [3.05, 3.63) is 34.7 Å². The number of amides is 1. The van der Waals surface area contributed by atoms with E-state index < -0.39 is 6.09 Å². The lowest BCUT2D eigenvalue weighted by molar-refractivity contribution is 0.0940. The maximum Gasteiger partial charge on any atom is 0.410 e. The third-order valence-electron chi connectivity index (χ3n) is 2.51. The molecular weight excluding hydrogens is 258 g/mol. The average molecular weight is 275 g/mol. The molecule has 106 valence electrons. The summed E-state index contributed by atoms with van der Waals surface area (Å²) in [5.74, 6) is 0.215. The standard InChI is InChI=1S/C14H17N3O3/c1-11(2)10-20-14(18)17(8-7-15)9-12-5-3-4-6-13(12)16-19/h3-6,11H,8-10H2,1-2H3. The molecule has 0 aliphatic carbocycles. The van der Waals surface area contributed by atoms with Crippen LogP contribution in [0.3, 0.4) is 0 Å². The van der Waals surface area contributed by atoms with Crippen LogP contribution in [0.15, 0.2) is 29.4 Å². The maximum atomic E-state index is 11.9. The largest absolute Gasteiger partial charge is 0.449 e. The molecule has 0 aliphatic heterocycles. The molecule has 0 aromatic heterocycles. The Morgan fingerprint density at radius 2 is 2.15 bits per heavy atom. The van der Waals surface area contributed by atoms with Gasteiger partial charge in [-0.15, -0.1) is 4.91 Å². The molecule has 0 unspecified atom stereocenters. The summed E-state index contributed by atoms with van der Waals surface area (Å²) in [7, 11) is 0. The van der Waals surface area contributed by atoms with Gasteiger partial charge in [-0.2, -0.15) is 5.26 Å². The summed E-state index contributed by atoms with van der Waals surface area (Å²) in [6, 6.07) is 8.59. The van der Waals surface area contributed by atoms with Crippen LogP contribution in [0.4, 0.5) is 10.5 Å². The van der Waals surface area contributed by atoms with Gasteiger partial charge in [-0.1, -0.05) is 32.0 Å². The van der Waals surface area contributed by atoms with Gasteiger partial charge in [-0.05, 0) is 17.2 Å². The second kappa shape index (κ2) is 7.89. The van der Waals surface area contributed by atoms with Crippen molar-refractivity contribution in [3.8, 4) is 6.07 Å². The maximum absolute atomic E-state index is 11.9. The third kappa shape index (κ3) is 4.69. The minimum atomic E-state index is -0.569. The summed E-state index contributed by atoms with van der Waals surface area (Å²) in [5.41, 5.74) is 0.839. The van der Waals surface area contributed by atoms with Gasteiger partial charge < -0.3 is 4.74 Å². The second-order valence-electron chi connectivity index (χ2n) is 4.70. The van der Waals surface area contributed by atoms with E-state index in [1.54, 1.807) is 24.3 Å². The van der Waals surface area contributed by atoms with Gasteiger partial charge in [0.1, 0.15) is 12.2 Å². The number of nitroso groups, excluding NO2 is 1. The summed E-state index contributed by atoms with van der Waals surface area (Å²) in [6.07, 6.45) is -0.569. The molecule has 0 spiro atoms. The van der Waals surface area contributed by atoms with Crippen LogP contribution in [0.5, 0.6) is 0 Å². The van der Waals surface area contributed by atoms with Crippen LogP contribution in [-0.2, 0) is 11.3 Å². The minimum Gasteiger partial charge on any atom is -0.449 e. The highest BCUT2D eigenvalue weighted by atomic mass is 16.6. The van der Waals surface area contributed by atoms with Gasteiger partial charge in [-0.3, -0.25) is 4.90 Å². The van der Waals surface area contributed by atoms with Gasteiger partial charge in [0.25, 0.3) is 0 Å². The van der Waals surface area contributed by atoms with Gasteiger partial charge in [0, 0.05) is 5.56 Å². The molecular formula is C14H17N3O3. The van der Waals surface area contributed by atoms with Crippen LogP contribution in [0, 0.1) is 22.2 Å². The van der Waals surface area contributed by atoms with E-state index in [4.69, 9.17) is 10.00 Å². The third-order valence-corrected chi connectivity index (χ3v) is 2.51. The number of nitrogens with zero attached hydrogens (tertiary/aromatic N) is 3. The molecule has 0 saturated heterocycles. The first-order valence-electron chi connectivity index (χ1n) is 6.28. The fourth-order valence-corrected chi connectivity index (χ4v) is 1.54. The Kier molecular flexibility index (Phi) is 6.17. The topological polar surface area (TPSA) is 82.8 Å². The minimum absolute atomic E-state index is 0.107.